The maximum absolute atomic E-state index is 12.7. The molecule has 2 N–H and O–H groups in total. The lowest BCUT2D eigenvalue weighted by molar-refractivity contribution is -0.137. The minimum Gasteiger partial charge on any atom is -0.466 e. The fraction of sp³-hybridized carbons (Fsp3) is 0.222. The largest absolute Gasteiger partial charge is 0.466 e. The van der Waals surface area contributed by atoms with Gasteiger partial charge < -0.3 is 24.8 Å². The van der Waals surface area contributed by atoms with Crippen LogP contribution in [0.2, 0.25) is 0 Å². The fourth-order valence-electron chi connectivity index (χ4n) is 4.28. The second kappa shape index (κ2) is 11.4. The number of methoxy groups -OCH3 is 2. The molecule has 2 aromatic carbocycles. The van der Waals surface area contributed by atoms with Gasteiger partial charge in [0.05, 0.1) is 37.0 Å². The first-order valence-electron chi connectivity index (χ1n) is 11.4. The van der Waals surface area contributed by atoms with Crippen LogP contribution in [0, 0.1) is 0 Å². The molecule has 2 heterocycles. The molecule has 0 fully saturated rings. The predicted molar refractivity (Wildman–Crippen MR) is 139 cm³/mol. The monoisotopic (exact) mass is 541 g/mol. The zero-order valence-electron chi connectivity index (χ0n) is 21.0. The molecule has 0 saturated heterocycles. The molecule has 8 nitrogen and oxygen atoms in total. The van der Waals surface area contributed by atoms with Gasteiger partial charge in [-0.1, -0.05) is 12.1 Å². The van der Waals surface area contributed by atoms with Crippen molar-refractivity contribution in [3.8, 4) is 17.0 Å². The number of ether oxygens (including phenoxy) is 3. The summed E-state index contributed by atoms with van der Waals surface area (Å²) in [6, 6.07) is 13.5. The lowest BCUT2D eigenvalue weighted by Gasteiger charge is -2.30. The van der Waals surface area contributed by atoms with Gasteiger partial charge in [-0.25, -0.2) is 14.6 Å². The fourth-order valence-corrected chi connectivity index (χ4v) is 5.02. The van der Waals surface area contributed by atoms with E-state index in [0.717, 1.165) is 5.56 Å². The minimum absolute atomic E-state index is 0.0678. The highest BCUT2D eigenvalue weighted by Crippen LogP contribution is 2.40. The van der Waals surface area contributed by atoms with E-state index >= 15 is 0 Å². The number of aromatic nitrogens is 1. The zero-order chi connectivity index (χ0) is 27.4. The molecule has 0 saturated carbocycles. The molecule has 0 atom stereocenters. The van der Waals surface area contributed by atoms with E-state index in [-0.39, 0.29) is 5.75 Å². The van der Waals surface area contributed by atoms with Gasteiger partial charge in [-0.15, -0.1) is 11.3 Å². The molecular formula is C27H25F2N3O5S. The van der Waals surface area contributed by atoms with E-state index in [0.29, 0.717) is 44.6 Å². The van der Waals surface area contributed by atoms with Crippen molar-refractivity contribution in [3.05, 3.63) is 82.0 Å². The number of anilines is 2. The van der Waals surface area contributed by atoms with Crippen LogP contribution < -0.4 is 15.4 Å². The van der Waals surface area contributed by atoms with Crippen molar-refractivity contribution in [2.24, 2.45) is 0 Å². The number of allylic oxidation sites excluding steroid dienone is 2. The summed E-state index contributed by atoms with van der Waals surface area (Å²) in [5, 5.41) is 8.77. The van der Waals surface area contributed by atoms with Crippen molar-refractivity contribution >= 4 is 34.1 Å². The maximum atomic E-state index is 12.7. The molecule has 3 aromatic rings. The van der Waals surface area contributed by atoms with Crippen molar-refractivity contribution in [3.63, 3.8) is 0 Å². The molecule has 0 radical (unpaired) electrons. The highest BCUT2D eigenvalue weighted by Gasteiger charge is 2.37. The molecular weight excluding hydrogens is 516 g/mol. The second-order valence-corrected chi connectivity index (χ2v) is 9.17. The summed E-state index contributed by atoms with van der Waals surface area (Å²) in [6.07, 6.45) is 0. The number of benzene rings is 2. The van der Waals surface area contributed by atoms with Gasteiger partial charge in [-0.3, -0.25) is 0 Å². The van der Waals surface area contributed by atoms with E-state index < -0.39 is 24.5 Å². The summed E-state index contributed by atoms with van der Waals surface area (Å²) in [4.78, 5) is 30.1. The third-order valence-electron chi connectivity index (χ3n) is 5.92. The number of hydrogen-bond donors (Lipinski definition) is 2. The van der Waals surface area contributed by atoms with Gasteiger partial charge in [-0.2, -0.15) is 8.78 Å². The number of nitrogens with one attached hydrogen (secondary N) is 2. The summed E-state index contributed by atoms with van der Waals surface area (Å²) in [5.74, 6) is -1.75. The lowest BCUT2D eigenvalue weighted by atomic mass is 9.80. The van der Waals surface area contributed by atoms with Crippen LogP contribution in [0.1, 0.15) is 25.3 Å². The first-order chi connectivity index (χ1) is 18.2. The quantitative estimate of drug-likeness (QED) is 0.349. The number of halogens is 2. The summed E-state index contributed by atoms with van der Waals surface area (Å²) in [5.41, 5.74) is 4.56. The number of carbonyl (C=O) groups excluding carboxylic acids is 2. The Labute approximate surface area is 221 Å². The number of nitrogens with zero attached hydrogens (tertiary/aromatic N) is 1. The number of dihydropyridines is 1. The highest BCUT2D eigenvalue weighted by molar-refractivity contribution is 7.14. The topological polar surface area (TPSA) is 98.8 Å². The SMILES string of the molecule is COC(=O)C1=C(C)NC(C)=C(C(=O)OC)C1c1cccc(Nc2nc(-c3ccc(OC(F)F)cc3)cs2)c1. The predicted octanol–water partition coefficient (Wildman–Crippen LogP) is 5.74. The van der Waals surface area contributed by atoms with Gasteiger partial charge >= 0.3 is 18.6 Å². The molecule has 1 aliphatic rings. The van der Waals surface area contributed by atoms with Crippen LogP contribution in [0.4, 0.5) is 19.6 Å². The van der Waals surface area contributed by atoms with E-state index in [2.05, 4.69) is 20.4 Å². The first kappa shape index (κ1) is 26.8. The average molecular weight is 542 g/mol. The molecule has 0 aliphatic carbocycles. The molecule has 198 valence electrons. The normalized spacial score (nSPS) is 13.9. The van der Waals surface area contributed by atoms with Crippen LogP contribution >= 0.6 is 11.3 Å². The van der Waals surface area contributed by atoms with E-state index in [1.807, 2.05) is 29.6 Å². The molecule has 4 rings (SSSR count). The van der Waals surface area contributed by atoms with Gasteiger partial charge in [0.1, 0.15) is 5.75 Å². The smallest absolute Gasteiger partial charge is 0.387 e. The minimum atomic E-state index is -2.89. The summed E-state index contributed by atoms with van der Waals surface area (Å²) in [6.45, 7) is 0.618. The highest BCUT2D eigenvalue weighted by atomic mass is 32.1. The Morgan fingerprint density at radius 3 is 2.21 bits per heavy atom. The van der Waals surface area contributed by atoms with E-state index in [4.69, 9.17) is 9.47 Å². The standard InChI is InChI=1S/C27H25F2N3O5S/c1-14-21(24(33)35-3)23(22(15(2)30-14)25(34)36-4)17-6-5-7-18(12-17)31-27-32-20(13-38-27)16-8-10-19(11-9-16)37-26(28)29/h5-13,23,26,30H,1-4H3,(H,31,32). The van der Waals surface area contributed by atoms with Gasteiger partial charge in [-0.05, 0) is 55.8 Å². The Hall–Kier alpha value is -4.25. The van der Waals surface area contributed by atoms with Gasteiger partial charge in [0.2, 0.25) is 0 Å². The number of alkyl halides is 2. The molecule has 0 unspecified atom stereocenters. The molecule has 38 heavy (non-hydrogen) atoms. The van der Waals surface area contributed by atoms with Crippen LogP contribution in [0.15, 0.2) is 76.5 Å². The van der Waals surface area contributed by atoms with Gasteiger partial charge in [0.25, 0.3) is 0 Å². The number of thiazole rings is 1. The Bertz CT molecular complexity index is 1380. The van der Waals surface area contributed by atoms with Crippen molar-refractivity contribution in [2.75, 3.05) is 19.5 Å². The van der Waals surface area contributed by atoms with E-state index in [9.17, 15) is 18.4 Å². The molecule has 1 aliphatic heterocycles. The number of rotatable bonds is 8. The molecule has 1 aromatic heterocycles. The van der Waals surface area contributed by atoms with E-state index in [1.54, 1.807) is 26.0 Å². The Morgan fingerprint density at radius 2 is 1.63 bits per heavy atom. The first-order valence-corrected chi connectivity index (χ1v) is 12.3. The van der Waals surface area contributed by atoms with E-state index in [1.165, 1.54) is 37.7 Å². The summed E-state index contributed by atoms with van der Waals surface area (Å²) in [7, 11) is 2.58. The number of esters is 2. The average Bonchev–Trinajstić information content (AvgIpc) is 3.36. The number of carbonyl (C=O) groups is 2. The summed E-state index contributed by atoms with van der Waals surface area (Å²) >= 11 is 1.36. The Balaban J connectivity index is 1.63. The van der Waals surface area contributed by atoms with Gasteiger partial charge in [0, 0.05) is 28.0 Å². The van der Waals surface area contributed by atoms with Crippen molar-refractivity contribution in [1.29, 1.82) is 0 Å². The Kier molecular flexibility index (Phi) is 8.06. The molecule has 0 amide bonds. The van der Waals surface area contributed by atoms with Crippen molar-refractivity contribution in [2.45, 2.75) is 26.4 Å². The van der Waals surface area contributed by atoms with Crippen molar-refractivity contribution < 1.29 is 32.6 Å². The maximum Gasteiger partial charge on any atom is 0.387 e. The summed E-state index contributed by atoms with van der Waals surface area (Å²) < 4.78 is 39.2. The molecule has 11 heteroatoms. The third-order valence-corrected chi connectivity index (χ3v) is 6.68. The molecule has 0 bridgehead atoms. The van der Waals surface area contributed by atoms with Crippen LogP contribution in [-0.2, 0) is 19.1 Å². The molecule has 0 spiro atoms. The van der Waals surface area contributed by atoms with Crippen LogP contribution in [0.3, 0.4) is 0 Å². The van der Waals surface area contributed by atoms with Gasteiger partial charge in [0.15, 0.2) is 5.13 Å². The lowest BCUT2D eigenvalue weighted by Crippen LogP contribution is -2.32. The van der Waals surface area contributed by atoms with Crippen LogP contribution in [0.5, 0.6) is 5.75 Å². The number of hydrogen-bond acceptors (Lipinski definition) is 9. The van der Waals surface area contributed by atoms with Crippen molar-refractivity contribution in [1.82, 2.24) is 10.3 Å². The Morgan fingerprint density at radius 1 is 1.00 bits per heavy atom. The zero-order valence-corrected chi connectivity index (χ0v) is 21.8. The second-order valence-electron chi connectivity index (χ2n) is 8.31. The van der Waals surface area contributed by atoms with Crippen LogP contribution in [0.25, 0.3) is 11.3 Å². The van der Waals surface area contributed by atoms with Crippen LogP contribution in [-0.4, -0.2) is 37.8 Å². The third kappa shape index (κ3) is 5.67.